The van der Waals surface area contributed by atoms with Gasteiger partial charge < -0.3 is 15.0 Å². The summed E-state index contributed by atoms with van der Waals surface area (Å²) in [5, 5.41) is 3.33. The molecule has 0 bridgehead atoms. The number of rotatable bonds is 8. The molecule has 1 heterocycles. The highest BCUT2D eigenvalue weighted by Gasteiger charge is 2.11. The summed E-state index contributed by atoms with van der Waals surface area (Å²) in [4.78, 5) is 10.9. The molecule has 0 aliphatic heterocycles. The minimum Gasteiger partial charge on any atom is -0.383 e. The van der Waals surface area contributed by atoms with Crippen molar-refractivity contribution in [3.8, 4) is 0 Å². The molecule has 0 fully saturated rings. The third-order valence-electron chi connectivity index (χ3n) is 2.84. The first-order valence-corrected chi connectivity index (χ1v) is 6.42. The van der Waals surface area contributed by atoms with Gasteiger partial charge in [-0.25, -0.2) is 4.98 Å². The van der Waals surface area contributed by atoms with Gasteiger partial charge in [0, 0.05) is 26.9 Å². The first kappa shape index (κ1) is 14.9. The van der Waals surface area contributed by atoms with Crippen LogP contribution in [-0.2, 0) is 11.3 Å². The van der Waals surface area contributed by atoms with E-state index < -0.39 is 0 Å². The van der Waals surface area contributed by atoms with Crippen molar-refractivity contribution >= 4 is 5.82 Å². The van der Waals surface area contributed by atoms with Crippen molar-refractivity contribution in [3.63, 3.8) is 0 Å². The topological polar surface area (TPSA) is 50.3 Å². The van der Waals surface area contributed by atoms with Crippen LogP contribution >= 0.6 is 0 Å². The SMILES string of the molecule is CCCNCc1cncc(N(C)C(C)COC)n1. The van der Waals surface area contributed by atoms with Crippen LogP contribution in [0.15, 0.2) is 12.4 Å². The van der Waals surface area contributed by atoms with E-state index in [0.717, 1.165) is 31.0 Å². The Hall–Kier alpha value is -1.20. The van der Waals surface area contributed by atoms with E-state index in [1.165, 1.54) is 0 Å². The average molecular weight is 252 g/mol. The maximum absolute atomic E-state index is 5.15. The maximum atomic E-state index is 5.15. The number of ether oxygens (including phenoxy) is 1. The Morgan fingerprint density at radius 2 is 2.22 bits per heavy atom. The fraction of sp³-hybridized carbons (Fsp3) is 0.692. The first-order chi connectivity index (χ1) is 8.69. The zero-order chi connectivity index (χ0) is 13.4. The zero-order valence-corrected chi connectivity index (χ0v) is 11.8. The highest BCUT2D eigenvalue weighted by molar-refractivity contribution is 5.36. The van der Waals surface area contributed by atoms with Crippen molar-refractivity contribution in [1.82, 2.24) is 15.3 Å². The Morgan fingerprint density at radius 3 is 2.89 bits per heavy atom. The van der Waals surface area contributed by atoms with Crippen molar-refractivity contribution in [1.29, 1.82) is 0 Å². The predicted molar refractivity (Wildman–Crippen MR) is 73.8 cm³/mol. The number of aromatic nitrogens is 2. The molecule has 0 radical (unpaired) electrons. The number of anilines is 1. The number of hydrogen-bond donors (Lipinski definition) is 1. The summed E-state index contributed by atoms with van der Waals surface area (Å²) < 4.78 is 5.15. The van der Waals surface area contributed by atoms with E-state index in [1.54, 1.807) is 19.5 Å². The quantitative estimate of drug-likeness (QED) is 0.710. The maximum Gasteiger partial charge on any atom is 0.147 e. The van der Waals surface area contributed by atoms with E-state index >= 15 is 0 Å². The minimum absolute atomic E-state index is 0.281. The van der Waals surface area contributed by atoms with Crippen molar-refractivity contribution in [2.24, 2.45) is 0 Å². The van der Waals surface area contributed by atoms with Crippen LogP contribution in [-0.4, -0.2) is 43.3 Å². The molecule has 1 rings (SSSR count). The Balaban J connectivity index is 2.62. The summed E-state index contributed by atoms with van der Waals surface area (Å²) in [7, 11) is 3.72. The van der Waals surface area contributed by atoms with Crippen LogP contribution < -0.4 is 10.2 Å². The second-order valence-corrected chi connectivity index (χ2v) is 4.46. The van der Waals surface area contributed by atoms with Gasteiger partial charge in [-0.3, -0.25) is 4.98 Å². The number of nitrogens with one attached hydrogen (secondary N) is 1. The Labute approximate surface area is 110 Å². The average Bonchev–Trinajstić information content (AvgIpc) is 2.39. The second kappa shape index (κ2) is 8.00. The summed E-state index contributed by atoms with van der Waals surface area (Å²) in [6.45, 7) is 6.70. The molecule has 0 aliphatic rings. The monoisotopic (exact) mass is 252 g/mol. The van der Waals surface area contributed by atoms with Crippen LogP contribution in [0.2, 0.25) is 0 Å². The first-order valence-electron chi connectivity index (χ1n) is 6.42. The Morgan fingerprint density at radius 1 is 1.44 bits per heavy atom. The molecule has 0 saturated heterocycles. The van der Waals surface area contributed by atoms with E-state index in [-0.39, 0.29) is 6.04 Å². The third kappa shape index (κ3) is 4.58. The fourth-order valence-corrected chi connectivity index (χ4v) is 1.62. The highest BCUT2D eigenvalue weighted by atomic mass is 16.5. The molecule has 5 heteroatoms. The van der Waals surface area contributed by atoms with E-state index in [0.29, 0.717) is 6.61 Å². The lowest BCUT2D eigenvalue weighted by Crippen LogP contribution is -2.33. The Kier molecular flexibility index (Phi) is 6.60. The van der Waals surface area contributed by atoms with Gasteiger partial charge in [-0.1, -0.05) is 6.92 Å². The van der Waals surface area contributed by atoms with Gasteiger partial charge >= 0.3 is 0 Å². The molecule has 1 aromatic rings. The van der Waals surface area contributed by atoms with Crippen molar-refractivity contribution in [2.45, 2.75) is 32.9 Å². The van der Waals surface area contributed by atoms with Crippen molar-refractivity contribution in [2.75, 3.05) is 32.2 Å². The van der Waals surface area contributed by atoms with Crippen LogP contribution in [0.4, 0.5) is 5.82 Å². The van der Waals surface area contributed by atoms with Gasteiger partial charge in [-0.05, 0) is 19.9 Å². The molecule has 0 aromatic carbocycles. The van der Waals surface area contributed by atoms with E-state index in [2.05, 4.69) is 34.0 Å². The predicted octanol–water partition coefficient (Wildman–Crippen LogP) is 1.45. The molecule has 0 spiro atoms. The lowest BCUT2D eigenvalue weighted by atomic mass is 10.3. The lowest BCUT2D eigenvalue weighted by Gasteiger charge is -2.25. The van der Waals surface area contributed by atoms with Crippen LogP contribution in [0.25, 0.3) is 0 Å². The summed E-state index contributed by atoms with van der Waals surface area (Å²) in [5.41, 5.74) is 0.970. The zero-order valence-electron chi connectivity index (χ0n) is 11.8. The van der Waals surface area contributed by atoms with Gasteiger partial charge in [0.05, 0.1) is 24.5 Å². The summed E-state index contributed by atoms with van der Waals surface area (Å²) in [5.74, 6) is 0.885. The van der Waals surface area contributed by atoms with Crippen LogP contribution in [0.5, 0.6) is 0 Å². The number of methoxy groups -OCH3 is 1. The fourth-order valence-electron chi connectivity index (χ4n) is 1.62. The molecule has 18 heavy (non-hydrogen) atoms. The number of hydrogen-bond acceptors (Lipinski definition) is 5. The molecule has 1 atom stereocenters. The van der Waals surface area contributed by atoms with Crippen molar-refractivity contribution < 1.29 is 4.74 Å². The molecule has 102 valence electrons. The van der Waals surface area contributed by atoms with Crippen LogP contribution in [0.3, 0.4) is 0 Å². The third-order valence-corrected chi connectivity index (χ3v) is 2.84. The van der Waals surface area contributed by atoms with Gasteiger partial charge in [-0.15, -0.1) is 0 Å². The molecule has 0 saturated carbocycles. The highest BCUT2D eigenvalue weighted by Crippen LogP contribution is 2.11. The van der Waals surface area contributed by atoms with Gasteiger partial charge in [0.2, 0.25) is 0 Å². The molecular weight excluding hydrogens is 228 g/mol. The standard InChI is InChI=1S/C13H24N4O/c1-5-6-14-7-12-8-15-9-13(16-12)17(3)11(2)10-18-4/h8-9,11,14H,5-7,10H2,1-4H3. The van der Waals surface area contributed by atoms with E-state index in [4.69, 9.17) is 4.74 Å². The molecule has 0 aliphatic carbocycles. The molecule has 1 aromatic heterocycles. The molecular formula is C13H24N4O. The van der Waals surface area contributed by atoms with E-state index in [9.17, 15) is 0 Å². The normalized spacial score (nSPS) is 12.4. The largest absolute Gasteiger partial charge is 0.383 e. The van der Waals surface area contributed by atoms with Crippen LogP contribution in [0.1, 0.15) is 26.0 Å². The lowest BCUT2D eigenvalue weighted by molar-refractivity contribution is 0.183. The molecule has 5 nitrogen and oxygen atoms in total. The summed E-state index contributed by atoms with van der Waals surface area (Å²) >= 11 is 0. The molecule has 1 N–H and O–H groups in total. The van der Waals surface area contributed by atoms with Gasteiger partial charge in [0.1, 0.15) is 5.82 Å². The van der Waals surface area contributed by atoms with E-state index in [1.807, 2.05) is 7.05 Å². The minimum atomic E-state index is 0.281. The summed E-state index contributed by atoms with van der Waals surface area (Å²) in [6, 6.07) is 0.281. The number of likely N-dealkylation sites (N-methyl/N-ethyl adjacent to an activating group) is 1. The van der Waals surface area contributed by atoms with Crippen LogP contribution in [0, 0.1) is 0 Å². The summed E-state index contributed by atoms with van der Waals surface area (Å²) in [6.07, 6.45) is 4.72. The van der Waals surface area contributed by atoms with Gasteiger partial charge in [-0.2, -0.15) is 0 Å². The van der Waals surface area contributed by atoms with Gasteiger partial charge in [0.15, 0.2) is 0 Å². The Bertz CT molecular complexity index is 346. The second-order valence-electron chi connectivity index (χ2n) is 4.46. The smallest absolute Gasteiger partial charge is 0.147 e. The molecule has 1 unspecified atom stereocenters. The van der Waals surface area contributed by atoms with Crippen molar-refractivity contribution in [3.05, 3.63) is 18.1 Å². The molecule has 0 amide bonds. The number of nitrogens with zero attached hydrogens (tertiary/aromatic N) is 3. The van der Waals surface area contributed by atoms with Gasteiger partial charge in [0.25, 0.3) is 0 Å².